The fourth-order valence-corrected chi connectivity index (χ4v) is 3.45. The lowest BCUT2D eigenvalue weighted by Crippen LogP contribution is -2.40. The molecule has 0 saturated carbocycles. The smallest absolute Gasteiger partial charge is 0.190 e. The third kappa shape index (κ3) is 6.59. The van der Waals surface area contributed by atoms with Gasteiger partial charge in [-0.2, -0.15) is 0 Å². The summed E-state index contributed by atoms with van der Waals surface area (Å²) < 4.78 is 0. The Hall–Kier alpha value is -2.86. The summed E-state index contributed by atoms with van der Waals surface area (Å²) in [6.45, 7) is 4.99. The Morgan fingerprint density at radius 1 is 1.07 bits per heavy atom. The van der Waals surface area contributed by atoms with E-state index in [1.807, 2.05) is 25.2 Å². The van der Waals surface area contributed by atoms with Crippen molar-refractivity contribution in [3.8, 4) is 0 Å². The molecule has 1 unspecified atom stereocenters. The van der Waals surface area contributed by atoms with Crippen LogP contribution in [0.2, 0.25) is 0 Å². The molecule has 1 heterocycles. The highest BCUT2D eigenvalue weighted by atomic mass is 15.2. The van der Waals surface area contributed by atoms with E-state index in [0.29, 0.717) is 6.04 Å². The van der Waals surface area contributed by atoms with Crippen molar-refractivity contribution in [1.29, 1.82) is 0 Å². The van der Waals surface area contributed by atoms with Gasteiger partial charge in [0.05, 0.1) is 11.0 Å². The van der Waals surface area contributed by atoms with E-state index in [4.69, 9.17) is 0 Å². The number of aromatic amines is 1. The van der Waals surface area contributed by atoms with Crippen LogP contribution in [0.1, 0.15) is 31.2 Å². The maximum atomic E-state index is 4.63. The van der Waals surface area contributed by atoms with Crippen LogP contribution in [0, 0.1) is 0 Å². The standard InChI is InChI=1S/C24H34N6/c1-19(30(3)18-20-10-5-4-6-11-20)15-17-27-24(25-2)26-16-9-14-23-28-21-12-7-8-13-22(21)29-23/h4-8,10-13,19H,9,14-18H2,1-3H3,(H,28,29)(H2,25,26,27). The number of rotatable bonds is 10. The SMILES string of the molecule is CN=C(NCCCc1nc2ccccc2[nH]1)NCCC(C)N(C)Cc1ccccc1. The van der Waals surface area contributed by atoms with Crippen molar-refractivity contribution in [2.45, 2.75) is 38.8 Å². The normalized spacial score (nSPS) is 13.0. The molecule has 160 valence electrons. The second kappa shape index (κ2) is 11.4. The van der Waals surface area contributed by atoms with Gasteiger partial charge in [0.25, 0.3) is 0 Å². The Bertz CT molecular complexity index is 885. The second-order valence-electron chi connectivity index (χ2n) is 7.77. The average molecular weight is 407 g/mol. The molecule has 0 amide bonds. The highest BCUT2D eigenvalue weighted by Gasteiger charge is 2.10. The molecule has 6 nitrogen and oxygen atoms in total. The van der Waals surface area contributed by atoms with Crippen LogP contribution in [0.25, 0.3) is 11.0 Å². The summed E-state index contributed by atoms with van der Waals surface area (Å²) in [7, 11) is 4.00. The third-order valence-corrected chi connectivity index (χ3v) is 5.43. The molecule has 0 bridgehead atoms. The van der Waals surface area contributed by atoms with Gasteiger partial charge in [-0.1, -0.05) is 42.5 Å². The highest BCUT2D eigenvalue weighted by molar-refractivity contribution is 5.79. The zero-order valence-corrected chi connectivity index (χ0v) is 18.4. The number of guanidine groups is 1. The molecule has 2 aromatic carbocycles. The quantitative estimate of drug-likeness (QED) is 0.274. The second-order valence-corrected chi connectivity index (χ2v) is 7.77. The lowest BCUT2D eigenvalue weighted by atomic mass is 10.1. The van der Waals surface area contributed by atoms with Crippen molar-refractivity contribution in [2.24, 2.45) is 4.99 Å². The minimum Gasteiger partial charge on any atom is -0.356 e. The van der Waals surface area contributed by atoms with Gasteiger partial charge in [-0.25, -0.2) is 4.98 Å². The molecule has 0 spiro atoms. The van der Waals surface area contributed by atoms with Crippen LogP contribution >= 0.6 is 0 Å². The number of hydrogen-bond donors (Lipinski definition) is 3. The van der Waals surface area contributed by atoms with E-state index in [1.165, 1.54) is 5.56 Å². The van der Waals surface area contributed by atoms with E-state index in [9.17, 15) is 0 Å². The number of benzene rings is 2. The Balaban J connectivity index is 1.32. The largest absolute Gasteiger partial charge is 0.356 e. The summed E-state index contributed by atoms with van der Waals surface area (Å²) in [6.07, 6.45) is 2.97. The van der Waals surface area contributed by atoms with Crippen molar-refractivity contribution in [3.63, 3.8) is 0 Å². The van der Waals surface area contributed by atoms with Crippen LogP contribution < -0.4 is 10.6 Å². The number of aryl methyl sites for hydroxylation is 1. The van der Waals surface area contributed by atoms with Gasteiger partial charge in [0.15, 0.2) is 5.96 Å². The molecular weight excluding hydrogens is 372 g/mol. The van der Waals surface area contributed by atoms with Crippen LogP contribution in [0.3, 0.4) is 0 Å². The Kier molecular flexibility index (Phi) is 8.27. The first-order chi connectivity index (χ1) is 14.7. The predicted molar refractivity (Wildman–Crippen MR) is 126 cm³/mol. The van der Waals surface area contributed by atoms with Gasteiger partial charge in [-0.15, -0.1) is 0 Å². The molecule has 6 heteroatoms. The Morgan fingerprint density at radius 3 is 2.57 bits per heavy atom. The van der Waals surface area contributed by atoms with Crippen LogP contribution in [-0.4, -0.2) is 54.1 Å². The number of aliphatic imine (C=N–C) groups is 1. The molecule has 3 rings (SSSR count). The molecule has 1 atom stereocenters. The van der Waals surface area contributed by atoms with Gasteiger partial charge in [0, 0.05) is 39.1 Å². The van der Waals surface area contributed by atoms with Gasteiger partial charge in [0.2, 0.25) is 0 Å². The Morgan fingerprint density at radius 2 is 1.80 bits per heavy atom. The molecule has 1 aromatic heterocycles. The van der Waals surface area contributed by atoms with Gasteiger partial charge >= 0.3 is 0 Å². The summed E-state index contributed by atoms with van der Waals surface area (Å²) in [5.41, 5.74) is 3.48. The summed E-state index contributed by atoms with van der Waals surface area (Å²) >= 11 is 0. The zero-order valence-electron chi connectivity index (χ0n) is 18.4. The fraction of sp³-hybridized carbons (Fsp3) is 0.417. The van der Waals surface area contributed by atoms with E-state index in [1.54, 1.807) is 0 Å². The van der Waals surface area contributed by atoms with Crippen LogP contribution in [-0.2, 0) is 13.0 Å². The molecule has 0 saturated heterocycles. The van der Waals surface area contributed by atoms with E-state index in [2.05, 4.69) is 80.9 Å². The number of para-hydroxylation sites is 2. The van der Waals surface area contributed by atoms with Gasteiger partial charge in [0.1, 0.15) is 5.82 Å². The van der Waals surface area contributed by atoms with Crippen LogP contribution in [0.5, 0.6) is 0 Å². The number of nitrogens with one attached hydrogen (secondary N) is 3. The molecule has 3 aromatic rings. The number of fused-ring (bicyclic) bond motifs is 1. The molecule has 0 fully saturated rings. The highest BCUT2D eigenvalue weighted by Crippen LogP contribution is 2.11. The number of aromatic nitrogens is 2. The maximum Gasteiger partial charge on any atom is 0.190 e. The molecule has 0 aliphatic heterocycles. The first-order valence-electron chi connectivity index (χ1n) is 10.8. The molecule has 0 radical (unpaired) electrons. The maximum absolute atomic E-state index is 4.63. The minimum absolute atomic E-state index is 0.490. The zero-order chi connectivity index (χ0) is 21.2. The first kappa shape index (κ1) is 21.8. The van der Waals surface area contributed by atoms with E-state index < -0.39 is 0 Å². The topological polar surface area (TPSA) is 68.3 Å². The van der Waals surface area contributed by atoms with Crippen molar-refractivity contribution >= 4 is 17.0 Å². The summed E-state index contributed by atoms with van der Waals surface area (Å²) in [4.78, 5) is 14.7. The lowest BCUT2D eigenvalue weighted by molar-refractivity contribution is 0.238. The number of hydrogen-bond acceptors (Lipinski definition) is 3. The van der Waals surface area contributed by atoms with Crippen molar-refractivity contribution in [1.82, 2.24) is 25.5 Å². The summed E-state index contributed by atoms with van der Waals surface area (Å²) in [5, 5.41) is 6.83. The monoisotopic (exact) mass is 406 g/mol. The molecule has 30 heavy (non-hydrogen) atoms. The minimum atomic E-state index is 0.490. The summed E-state index contributed by atoms with van der Waals surface area (Å²) in [6, 6.07) is 19.3. The van der Waals surface area contributed by atoms with Gasteiger partial charge in [-0.05, 0) is 44.5 Å². The van der Waals surface area contributed by atoms with Crippen molar-refractivity contribution in [2.75, 3.05) is 27.2 Å². The average Bonchev–Trinajstić information content (AvgIpc) is 3.18. The van der Waals surface area contributed by atoms with Gasteiger partial charge in [-0.3, -0.25) is 9.89 Å². The molecule has 0 aliphatic carbocycles. The lowest BCUT2D eigenvalue weighted by Gasteiger charge is -2.25. The van der Waals surface area contributed by atoms with E-state index in [0.717, 1.165) is 61.7 Å². The van der Waals surface area contributed by atoms with Crippen LogP contribution in [0.15, 0.2) is 59.6 Å². The number of imidazole rings is 1. The van der Waals surface area contributed by atoms with E-state index in [-0.39, 0.29) is 0 Å². The first-order valence-corrected chi connectivity index (χ1v) is 10.8. The number of nitrogens with zero attached hydrogens (tertiary/aromatic N) is 3. The third-order valence-electron chi connectivity index (χ3n) is 5.43. The molecular formula is C24H34N6. The summed E-state index contributed by atoms with van der Waals surface area (Å²) in [5.74, 6) is 1.90. The molecule has 0 aliphatic rings. The van der Waals surface area contributed by atoms with Crippen molar-refractivity contribution in [3.05, 3.63) is 66.0 Å². The fourth-order valence-electron chi connectivity index (χ4n) is 3.45. The van der Waals surface area contributed by atoms with Crippen molar-refractivity contribution < 1.29 is 0 Å². The predicted octanol–water partition coefficient (Wildman–Crippen LogP) is 3.57. The van der Waals surface area contributed by atoms with Gasteiger partial charge < -0.3 is 15.6 Å². The molecule has 3 N–H and O–H groups in total. The van der Waals surface area contributed by atoms with Crippen LogP contribution in [0.4, 0.5) is 0 Å². The number of H-pyrrole nitrogens is 1. The van der Waals surface area contributed by atoms with E-state index >= 15 is 0 Å². The Labute approximate surface area is 179 Å².